The number of aliphatic hydroxyl groups excluding tert-OH is 1. The van der Waals surface area contributed by atoms with E-state index in [1.165, 1.54) is 12.3 Å². The van der Waals surface area contributed by atoms with Gasteiger partial charge in [-0.05, 0) is 73.8 Å². The van der Waals surface area contributed by atoms with Crippen molar-refractivity contribution in [3.8, 4) is 11.8 Å². The lowest BCUT2D eigenvalue weighted by molar-refractivity contribution is -0.191. The van der Waals surface area contributed by atoms with Crippen molar-refractivity contribution in [2.24, 2.45) is 28.6 Å². The quantitative estimate of drug-likeness (QED) is 0.373. The Morgan fingerprint density at radius 2 is 2.10 bits per heavy atom. The number of halogens is 1. The molecule has 4 aliphatic carbocycles. The third kappa shape index (κ3) is 4.04. The summed E-state index contributed by atoms with van der Waals surface area (Å²) in [7, 11) is 0. The minimum Gasteiger partial charge on any atom is -0.449 e. The number of fused-ring (bicyclic) bond motifs is 6. The molecule has 2 aromatic rings. The molecule has 220 valence electrons. The van der Waals surface area contributed by atoms with E-state index in [1.807, 2.05) is 19.2 Å². The first kappa shape index (κ1) is 28.8. The van der Waals surface area contributed by atoms with Gasteiger partial charge in [0.05, 0.1) is 41.7 Å². The Labute approximate surface area is 249 Å². The van der Waals surface area contributed by atoms with Gasteiger partial charge in [-0.3, -0.25) is 9.59 Å². The third-order valence-corrected chi connectivity index (χ3v) is 11.4. The number of hydrogen-bond acceptors (Lipinski definition) is 8. The zero-order valence-electron chi connectivity index (χ0n) is 24.3. The molecule has 0 radical (unpaired) electrons. The Kier molecular flexibility index (Phi) is 6.97. The summed E-state index contributed by atoms with van der Waals surface area (Å²) in [6.07, 6.45) is 9.13. The molecule has 0 saturated heterocycles. The number of carbonyl (C=O) groups excluding carboxylic acids is 2. The Balaban J connectivity index is 1.42. The van der Waals surface area contributed by atoms with E-state index in [0.29, 0.717) is 31.4 Å². The zero-order valence-corrected chi connectivity index (χ0v) is 25.1. The molecular formula is C32H35FN4O4S. The van der Waals surface area contributed by atoms with Crippen LogP contribution in [0.3, 0.4) is 0 Å². The van der Waals surface area contributed by atoms with Gasteiger partial charge in [0, 0.05) is 23.2 Å². The number of thioether (sulfide) groups is 1. The number of allylic oxidation sites excluding steroid dienone is 3. The van der Waals surface area contributed by atoms with E-state index in [1.54, 1.807) is 17.7 Å². The van der Waals surface area contributed by atoms with E-state index in [-0.39, 0.29) is 35.0 Å². The molecule has 0 bridgehead atoms. The van der Waals surface area contributed by atoms with Gasteiger partial charge in [0.15, 0.2) is 5.60 Å². The fraction of sp³-hybridized carbons (Fsp3) is 0.531. The number of nitriles is 1. The van der Waals surface area contributed by atoms with Crippen molar-refractivity contribution in [2.45, 2.75) is 71.5 Å². The van der Waals surface area contributed by atoms with Crippen molar-refractivity contribution >= 4 is 28.9 Å². The first-order chi connectivity index (χ1) is 20.0. The molecule has 42 heavy (non-hydrogen) atoms. The van der Waals surface area contributed by atoms with Crippen molar-refractivity contribution in [3.63, 3.8) is 0 Å². The van der Waals surface area contributed by atoms with Crippen LogP contribution in [0.4, 0.5) is 4.39 Å². The van der Waals surface area contributed by atoms with Crippen molar-refractivity contribution in [3.05, 3.63) is 59.0 Å². The van der Waals surface area contributed by atoms with Crippen LogP contribution in [0.5, 0.6) is 0 Å². The molecule has 2 aromatic heterocycles. The van der Waals surface area contributed by atoms with Crippen LogP contribution >= 0.6 is 11.8 Å². The highest BCUT2D eigenvalue weighted by atomic mass is 32.2. The lowest BCUT2D eigenvalue weighted by Gasteiger charge is -2.59. The van der Waals surface area contributed by atoms with E-state index < -0.39 is 34.5 Å². The van der Waals surface area contributed by atoms with Gasteiger partial charge in [0.25, 0.3) is 0 Å². The number of carbonyl (C=O) groups is 2. The molecule has 2 fully saturated rings. The fourth-order valence-corrected chi connectivity index (χ4v) is 9.58. The summed E-state index contributed by atoms with van der Waals surface area (Å²) >= 11 is 0.903. The molecule has 0 aliphatic heterocycles. The van der Waals surface area contributed by atoms with E-state index in [2.05, 4.69) is 36.1 Å². The minimum atomic E-state index is -1.39. The summed E-state index contributed by atoms with van der Waals surface area (Å²) in [6, 6.07) is 4.99. The van der Waals surface area contributed by atoms with Crippen molar-refractivity contribution < 1.29 is 23.8 Å². The van der Waals surface area contributed by atoms with Gasteiger partial charge >= 0.3 is 5.97 Å². The largest absolute Gasteiger partial charge is 0.449 e. The predicted molar refractivity (Wildman–Crippen MR) is 155 cm³/mol. The van der Waals surface area contributed by atoms with E-state index >= 15 is 0 Å². The van der Waals surface area contributed by atoms with Gasteiger partial charge in [-0.15, -0.1) is 0 Å². The topological polar surface area (TPSA) is 118 Å². The Hall–Kier alpha value is -3.29. The van der Waals surface area contributed by atoms with Crippen LogP contribution in [0.15, 0.2) is 41.7 Å². The highest BCUT2D eigenvalue weighted by molar-refractivity contribution is 8.14. The van der Waals surface area contributed by atoms with Crippen molar-refractivity contribution in [2.75, 3.05) is 5.75 Å². The number of hydrogen-bond donors (Lipinski definition) is 1. The fourth-order valence-electron chi connectivity index (χ4n) is 8.77. The molecule has 0 aromatic carbocycles. The van der Waals surface area contributed by atoms with Crippen molar-refractivity contribution in [1.29, 1.82) is 5.26 Å². The van der Waals surface area contributed by atoms with Crippen LogP contribution in [0, 0.1) is 45.9 Å². The molecule has 4 aliphatic rings. The summed E-state index contributed by atoms with van der Waals surface area (Å²) in [5.74, 6) is -1.16. The van der Waals surface area contributed by atoms with Gasteiger partial charge in [-0.1, -0.05) is 44.2 Å². The summed E-state index contributed by atoms with van der Waals surface area (Å²) in [4.78, 5) is 30.2. The van der Waals surface area contributed by atoms with Crippen LogP contribution in [-0.2, 0) is 20.7 Å². The molecule has 8 nitrogen and oxygen atoms in total. The molecule has 2 saturated carbocycles. The van der Waals surface area contributed by atoms with Crippen LogP contribution in [0.2, 0.25) is 0 Å². The number of pyridine rings is 1. The Bertz CT molecular complexity index is 1560. The molecule has 10 heteroatoms. The molecule has 0 unspecified atom stereocenters. The van der Waals surface area contributed by atoms with E-state index in [0.717, 1.165) is 34.2 Å². The van der Waals surface area contributed by atoms with Crippen molar-refractivity contribution in [1.82, 2.24) is 14.8 Å². The Morgan fingerprint density at radius 3 is 2.79 bits per heavy atom. The standard InChI is InChI=1S/C32H35FN4O4S/c1-5-27(39)41-32(29(40)42-11-10-34)9-8-22-21-12-18(2)23-13-24-19(16-36-37(24)20-6-7-26(33)35-17-20)14-30(23,3)28(21)25(38)15-31(22,32)4/h6-7,12-13,16-17,21-22,25,28,38H,5,8-9,11,14-15H2,1-4H3/t21-,22-,25-,28+,30-,31-,32-/m0/s1. The zero-order chi connectivity index (χ0) is 30.0. The van der Waals surface area contributed by atoms with Crippen LogP contribution in [0.1, 0.15) is 64.6 Å². The summed E-state index contributed by atoms with van der Waals surface area (Å²) in [6.45, 7) is 8.01. The van der Waals surface area contributed by atoms with Crippen LogP contribution in [-0.4, -0.2) is 48.4 Å². The second-order valence-corrected chi connectivity index (χ2v) is 13.6. The maximum atomic E-state index is 13.7. The molecule has 0 spiro atoms. The number of aromatic nitrogens is 3. The molecular weight excluding hydrogens is 555 g/mol. The van der Waals surface area contributed by atoms with Gasteiger partial charge < -0.3 is 9.84 Å². The number of esters is 1. The monoisotopic (exact) mass is 590 g/mol. The van der Waals surface area contributed by atoms with Gasteiger partial charge in [-0.25, -0.2) is 9.67 Å². The van der Waals surface area contributed by atoms with E-state index in [9.17, 15) is 19.1 Å². The van der Waals surface area contributed by atoms with Gasteiger partial charge in [0.1, 0.15) is 0 Å². The molecule has 6 rings (SSSR count). The minimum absolute atomic E-state index is 0.00456. The number of nitrogens with zero attached hydrogens (tertiary/aromatic N) is 4. The lowest BCUT2D eigenvalue weighted by atomic mass is 9.46. The maximum absolute atomic E-state index is 13.7. The number of aliphatic hydroxyl groups is 1. The highest BCUT2D eigenvalue weighted by Gasteiger charge is 2.70. The Morgan fingerprint density at radius 1 is 1.31 bits per heavy atom. The molecule has 1 N–H and O–H groups in total. The van der Waals surface area contributed by atoms with E-state index in [4.69, 9.17) is 10.00 Å². The third-order valence-electron chi connectivity index (χ3n) is 10.5. The molecule has 7 atom stereocenters. The molecule has 2 heterocycles. The van der Waals surface area contributed by atoms with Crippen LogP contribution < -0.4 is 0 Å². The first-order valence-corrected chi connectivity index (χ1v) is 15.5. The van der Waals surface area contributed by atoms with Crippen LogP contribution in [0.25, 0.3) is 11.8 Å². The smallest absolute Gasteiger partial charge is 0.306 e. The average Bonchev–Trinajstić information content (AvgIpc) is 3.48. The number of rotatable bonds is 5. The van der Waals surface area contributed by atoms with Gasteiger partial charge in [-0.2, -0.15) is 14.8 Å². The SMILES string of the molecule is CCC(=O)O[C@]1(C(=O)SCC#N)CC[C@H]2[C@@H]3C=C(C)C4=Cc5c(cnn5-c5ccc(F)nc5)C[C@]4(C)[C@H]3[C@@H](O)C[C@@]21C. The second-order valence-electron chi connectivity index (χ2n) is 12.6. The summed E-state index contributed by atoms with van der Waals surface area (Å²) in [5.41, 5.74) is 2.32. The summed E-state index contributed by atoms with van der Waals surface area (Å²) in [5, 5.41) is 25.5. The second kappa shape index (κ2) is 10.2. The highest BCUT2D eigenvalue weighted by Crippen LogP contribution is 2.68. The number of ether oxygens (including phenoxy) is 1. The maximum Gasteiger partial charge on any atom is 0.306 e. The average molecular weight is 591 g/mol. The van der Waals surface area contributed by atoms with Gasteiger partial charge in [0.2, 0.25) is 11.1 Å². The predicted octanol–water partition coefficient (Wildman–Crippen LogP) is 5.20. The first-order valence-electron chi connectivity index (χ1n) is 14.5. The normalized spacial score (nSPS) is 34.6. The molecule has 0 amide bonds. The summed E-state index contributed by atoms with van der Waals surface area (Å²) < 4.78 is 21.3. The lowest BCUT2D eigenvalue weighted by Crippen LogP contribution is -2.62.